The number of aromatic nitrogens is 2. The number of nitrogens with zero attached hydrogens (tertiary/aromatic N) is 2. The summed E-state index contributed by atoms with van der Waals surface area (Å²) in [5.74, 6) is -0.634. The van der Waals surface area contributed by atoms with Crippen molar-refractivity contribution in [3.8, 4) is 0 Å². The Bertz CT molecular complexity index is 578. The van der Waals surface area contributed by atoms with Gasteiger partial charge in [-0.15, -0.1) is 0 Å². The molecule has 0 fully saturated rings. The lowest BCUT2D eigenvalue weighted by Gasteiger charge is -2.06. The molecule has 0 aromatic carbocycles. The molecule has 0 N–H and O–H groups in total. The van der Waals surface area contributed by atoms with Gasteiger partial charge in [0.15, 0.2) is 5.65 Å². The van der Waals surface area contributed by atoms with Gasteiger partial charge in [0.2, 0.25) is 0 Å². The van der Waals surface area contributed by atoms with E-state index in [1.54, 1.807) is 0 Å². The zero-order valence-electron chi connectivity index (χ0n) is 8.35. The average molecular weight is 329 g/mol. The van der Waals surface area contributed by atoms with Crippen LogP contribution in [0.4, 0.5) is 17.6 Å². The summed E-state index contributed by atoms with van der Waals surface area (Å²) in [4.78, 5) is 3.97. The van der Waals surface area contributed by atoms with Gasteiger partial charge in [0.1, 0.15) is 10.8 Å². The van der Waals surface area contributed by atoms with Crippen LogP contribution in [0.5, 0.6) is 0 Å². The zero-order valence-corrected chi connectivity index (χ0v) is 10.7. The van der Waals surface area contributed by atoms with Gasteiger partial charge in [-0.2, -0.15) is 13.2 Å². The summed E-state index contributed by atoms with van der Waals surface area (Å²) in [7, 11) is 0. The molecule has 0 unspecified atom stereocenters. The Labute approximate surface area is 106 Å². The molecule has 2 rings (SSSR count). The van der Waals surface area contributed by atoms with Crippen molar-refractivity contribution in [2.75, 3.05) is 0 Å². The van der Waals surface area contributed by atoms with E-state index in [2.05, 4.69) is 20.9 Å². The molecule has 0 bridgehead atoms. The van der Waals surface area contributed by atoms with Crippen molar-refractivity contribution in [1.29, 1.82) is 0 Å². The molecule has 0 amide bonds. The zero-order chi connectivity index (χ0) is 12.8. The molecule has 92 valence electrons. The summed E-state index contributed by atoms with van der Waals surface area (Å²) in [6, 6.07) is 1.16. The third-order valence-electron chi connectivity index (χ3n) is 1.97. The van der Waals surface area contributed by atoms with Gasteiger partial charge in [-0.1, -0.05) is 0 Å². The minimum atomic E-state index is -4.43. The predicted octanol–water partition coefficient (Wildman–Crippen LogP) is 4.16. The molecule has 0 radical (unpaired) electrons. The van der Waals surface area contributed by atoms with Gasteiger partial charge >= 0.3 is 5.51 Å². The molecule has 0 atom stereocenters. The van der Waals surface area contributed by atoms with Crippen LogP contribution >= 0.6 is 27.7 Å². The van der Waals surface area contributed by atoms with Gasteiger partial charge in [0.05, 0.1) is 10.2 Å². The molecule has 0 aliphatic heterocycles. The highest BCUT2D eigenvalue weighted by Gasteiger charge is 2.32. The van der Waals surface area contributed by atoms with Crippen molar-refractivity contribution in [2.45, 2.75) is 17.5 Å². The lowest BCUT2D eigenvalue weighted by molar-refractivity contribution is -0.0330. The van der Waals surface area contributed by atoms with Crippen LogP contribution in [-0.2, 0) is 0 Å². The maximum absolute atomic E-state index is 13.2. The van der Waals surface area contributed by atoms with Crippen molar-refractivity contribution >= 4 is 33.3 Å². The quantitative estimate of drug-likeness (QED) is 0.577. The molecule has 2 aromatic rings. The number of fused-ring (bicyclic) bond motifs is 1. The minimum absolute atomic E-state index is 0.132. The summed E-state index contributed by atoms with van der Waals surface area (Å²) in [6.07, 6.45) is 0.980. The lowest BCUT2D eigenvalue weighted by Crippen LogP contribution is -2.02. The number of thioether (sulfide) groups is 1. The normalized spacial score (nSPS) is 12.4. The van der Waals surface area contributed by atoms with Crippen LogP contribution in [-0.4, -0.2) is 14.9 Å². The summed E-state index contributed by atoms with van der Waals surface area (Å²) >= 11 is 2.75. The van der Waals surface area contributed by atoms with Crippen LogP contribution in [0.3, 0.4) is 0 Å². The van der Waals surface area contributed by atoms with Crippen molar-refractivity contribution in [2.24, 2.45) is 0 Å². The number of alkyl halides is 3. The van der Waals surface area contributed by atoms with Crippen LogP contribution in [0.2, 0.25) is 0 Å². The maximum atomic E-state index is 13.2. The molecule has 0 spiro atoms. The van der Waals surface area contributed by atoms with E-state index in [9.17, 15) is 17.6 Å². The highest BCUT2D eigenvalue weighted by atomic mass is 79.9. The summed E-state index contributed by atoms with van der Waals surface area (Å²) in [6.45, 7) is 1.45. The largest absolute Gasteiger partial charge is 0.447 e. The number of imidazole rings is 1. The number of aryl methyl sites for hydroxylation is 1. The SMILES string of the molecule is Cc1nc2c(Br)cc(F)cn2c1SC(F)(F)F. The van der Waals surface area contributed by atoms with E-state index in [0.29, 0.717) is 4.47 Å². The lowest BCUT2D eigenvalue weighted by atomic mass is 10.4. The third kappa shape index (κ3) is 2.57. The summed E-state index contributed by atoms with van der Waals surface area (Å²) in [5, 5.41) is -0.132. The molecular weight excluding hydrogens is 324 g/mol. The Balaban J connectivity index is 2.66. The monoisotopic (exact) mass is 328 g/mol. The van der Waals surface area contributed by atoms with Crippen LogP contribution < -0.4 is 0 Å². The van der Waals surface area contributed by atoms with E-state index < -0.39 is 11.3 Å². The molecule has 0 saturated heterocycles. The Morgan fingerprint density at radius 2 is 2.06 bits per heavy atom. The van der Waals surface area contributed by atoms with E-state index >= 15 is 0 Å². The van der Waals surface area contributed by atoms with Crippen LogP contribution in [0, 0.1) is 12.7 Å². The molecule has 2 heterocycles. The number of pyridine rings is 1. The standard InChI is InChI=1S/C9H5BrF4N2S/c1-4-8(17-9(12,13)14)16-3-5(11)2-6(10)7(16)15-4/h2-3H,1H3. The molecule has 0 aliphatic rings. The maximum Gasteiger partial charge on any atom is 0.447 e. The average Bonchev–Trinajstić information content (AvgIpc) is 2.43. The molecule has 0 aliphatic carbocycles. The first-order valence-electron chi connectivity index (χ1n) is 4.37. The number of hydrogen-bond acceptors (Lipinski definition) is 2. The van der Waals surface area contributed by atoms with E-state index in [1.165, 1.54) is 6.92 Å². The van der Waals surface area contributed by atoms with E-state index in [0.717, 1.165) is 16.7 Å². The van der Waals surface area contributed by atoms with Crippen LogP contribution in [0.1, 0.15) is 5.69 Å². The Morgan fingerprint density at radius 3 is 2.65 bits per heavy atom. The fraction of sp³-hybridized carbons (Fsp3) is 0.222. The second kappa shape index (κ2) is 4.16. The van der Waals surface area contributed by atoms with E-state index in [1.807, 2.05) is 0 Å². The number of halogens is 5. The smallest absolute Gasteiger partial charge is 0.290 e. The fourth-order valence-corrected chi connectivity index (χ4v) is 2.55. The van der Waals surface area contributed by atoms with E-state index in [4.69, 9.17) is 0 Å². The Morgan fingerprint density at radius 1 is 1.41 bits per heavy atom. The molecule has 0 saturated carbocycles. The Kier molecular flexibility index (Phi) is 3.11. The third-order valence-corrected chi connectivity index (χ3v) is 3.47. The van der Waals surface area contributed by atoms with Crippen molar-refractivity contribution < 1.29 is 17.6 Å². The van der Waals surface area contributed by atoms with Gasteiger partial charge < -0.3 is 0 Å². The van der Waals surface area contributed by atoms with Crippen molar-refractivity contribution in [3.05, 3.63) is 28.2 Å². The van der Waals surface area contributed by atoms with Crippen molar-refractivity contribution in [3.63, 3.8) is 0 Å². The molecule has 2 aromatic heterocycles. The Hall–Kier alpha value is -0.760. The predicted molar refractivity (Wildman–Crippen MR) is 59.5 cm³/mol. The highest BCUT2D eigenvalue weighted by Crippen LogP contribution is 2.39. The topological polar surface area (TPSA) is 17.3 Å². The van der Waals surface area contributed by atoms with Gasteiger partial charge in [0.25, 0.3) is 0 Å². The van der Waals surface area contributed by atoms with Gasteiger partial charge in [-0.05, 0) is 28.9 Å². The first-order chi connectivity index (χ1) is 7.78. The first kappa shape index (κ1) is 12.7. The van der Waals surface area contributed by atoms with E-state index in [-0.39, 0.29) is 28.1 Å². The van der Waals surface area contributed by atoms with Crippen molar-refractivity contribution in [1.82, 2.24) is 9.38 Å². The first-order valence-corrected chi connectivity index (χ1v) is 5.98. The number of hydrogen-bond donors (Lipinski definition) is 0. The fourth-order valence-electron chi connectivity index (χ4n) is 1.40. The molecule has 8 heteroatoms. The number of rotatable bonds is 1. The minimum Gasteiger partial charge on any atom is -0.290 e. The summed E-state index contributed by atoms with van der Waals surface area (Å²) < 4.78 is 51.6. The second-order valence-corrected chi connectivity index (χ2v) is 5.16. The van der Waals surface area contributed by atoms with Gasteiger partial charge in [-0.25, -0.2) is 9.37 Å². The molecule has 17 heavy (non-hydrogen) atoms. The second-order valence-electron chi connectivity index (χ2n) is 3.25. The molecular formula is C9H5BrF4N2S. The summed E-state index contributed by atoms with van der Waals surface area (Å²) in [5.41, 5.74) is -3.96. The van der Waals surface area contributed by atoms with Gasteiger partial charge in [0, 0.05) is 18.0 Å². The van der Waals surface area contributed by atoms with Crippen LogP contribution in [0.25, 0.3) is 5.65 Å². The van der Waals surface area contributed by atoms with Crippen LogP contribution in [0.15, 0.2) is 21.8 Å². The highest BCUT2D eigenvalue weighted by molar-refractivity contribution is 9.10. The van der Waals surface area contributed by atoms with Gasteiger partial charge in [-0.3, -0.25) is 4.40 Å². The molecule has 2 nitrogen and oxygen atoms in total.